The maximum Gasteiger partial charge on any atom is 0.300 e. The van der Waals surface area contributed by atoms with Crippen LogP contribution in [0.25, 0.3) is 0 Å². The number of carbonyl (C=O) groups is 1. The monoisotopic (exact) mass is 353 g/mol. The fraction of sp³-hybridized carbons (Fsp3) is 0.643. The van der Waals surface area contributed by atoms with Crippen LogP contribution in [0.15, 0.2) is 17.8 Å². The van der Waals surface area contributed by atoms with Crippen molar-refractivity contribution in [1.29, 1.82) is 0 Å². The minimum absolute atomic E-state index is 0.543. The average molecular weight is 353 g/mol. The van der Waals surface area contributed by atoms with Gasteiger partial charge in [0.2, 0.25) is 0 Å². The smallest absolute Gasteiger partial charge is 0.300 e. The van der Waals surface area contributed by atoms with Crippen molar-refractivity contribution in [3.05, 3.63) is 18.5 Å². The predicted octanol–water partition coefficient (Wildman–Crippen LogP) is 0.757. The summed E-state index contributed by atoms with van der Waals surface area (Å²) in [5, 5.41) is 28.1. The standard InChI is InChI=1S/C12H19N7S.C2H4O2/c1-18-11(10-2-4-13-5-3-10)16-17-12(18)20-7-6-19-8-14-15-9-19;1-2(3)4/h8-10,13H,2-7H2,1H3;1H3,(H,3,4). The van der Waals surface area contributed by atoms with Gasteiger partial charge in [-0.05, 0) is 25.9 Å². The van der Waals surface area contributed by atoms with Crippen LogP contribution in [-0.4, -0.2) is 59.4 Å². The van der Waals surface area contributed by atoms with E-state index in [1.165, 1.54) is 0 Å². The third kappa shape index (κ3) is 5.60. The number of carboxylic acids is 1. The molecule has 0 aliphatic carbocycles. The molecule has 0 amide bonds. The summed E-state index contributed by atoms with van der Waals surface area (Å²) in [5.74, 6) is 1.77. The highest BCUT2D eigenvalue weighted by Gasteiger charge is 2.21. The zero-order chi connectivity index (χ0) is 17.4. The van der Waals surface area contributed by atoms with Gasteiger partial charge in [-0.1, -0.05) is 11.8 Å². The highest BCUT2D eigenvalue weighted by atomic mass is 32.2. The summed E-state index contributed by atoms with van der Waals surface area (Å²) in [6.45, 7) is 4.12. The van der Waals surface area contributed by atoms with Gasteiger partial charge in [-0.25, -0.2) is 0 Å². The maximum atomic E-state index is 9.00. The topological polar surface area (TPSA) is 111 Å². The lowest BCUT2D eigenvalue weighted by atomic mass is 9.97. The van der Waals surface area contributed by atoms with Crippen LogP contribution >= 0.6 is 11.8 Å². The molecule has 1 aliphatic heterocycles. The summed E-state index contributed by atoms with van der Waals surface area (Å²) >= 11 is 1.73. The molecule has 3 heterocycles. The van der Waals surface area contributed by atoms with Crippen molar-refractivity contribution in [3.8, 4) is 0 Å². The molecule has 2 aromatic heterocycles. The highest BCUT2D eigenvalue weighted by molar-refractivity contribution is 7.99. The molecule has 1 fully saturated rings. The molecule has 2 N–H and O–H groups in total. The van der Waals surface area contributed by atoms with E-state index >= 15 is 0 Å². The van der Waals surface area contributed by atoms with E-state index in [2.05, 4.69) is 37.3 Å². The molecule has 9 nitrogen and oxygen atoms in total. The minimum Gasteiger partial charge on any atom is -0.481 e. The molecule has 10 heteroatoms. The molecule has 0 spiro atoms. The quantitative estimate of drug-likeness (QED) is 0.758. The second kappa shape index (κ2) is 9.38. The Bertz CT molecular complexity index is 619. The van der Waals surface area contributed by atoms with Gasteiger partial charge in [-0.2, -0.15) is 0 Å². The van der Waals surface area contributed by atoms with Crippen molar-refractivity contribution in [2.45, 2.75) is 37.4 Å². The van der Waals surface area contributed by atoms with Crippen LogP contribution < -0.4 is 5.32 Å². The molecule has 0 unspecified atom stereocenters. The van der Waals surface area contributed by atoms with Gasteiger partial charge >= 0.3 is 0 Å². The number of carboxylic acid groups (broad SMARTS) is 1. The molecule has 132 valence electrons. The Morgan fingerprint density at radius 2 is 1.96 bits per heavy atom. The first-order valence-electron chi connectivity index (χ1n) is 7.82. The van der Waals surface area contributed by atoms with Crippen molar-refractivity contribution in [2.24, 2.45) is 7.05 Å². The SMILES string of the molecule is CC(=O)O.Cn1c(SCCn2cnnc2)nnc1C1CCNCC1. The molecule has 1 aliphatic rings. The number of aromatic nitrogens is 6. The average Bonchev–Trinajstić information content (AvgIpc) is 3.19. The molecule has 24 heavy (non-hydrogen) atoms. The number of nitrogens with zero attached hydrogens (tertiary/aromatic N) is 6. The number of aliphatic carboxylic acids is 1. The van der Waals surface area contributed by atoms with Crippen LogP contribution in [-0.2, 0) is 18.4 Å². The van der Waals surface area contributed by atoms with Crippen LogP contribution in [0, 0.1) is 0 Å². The summed E-state index contributed by atoms with van der Waals surface area (Å²) in [6.07, 6.45) is 5.77. The van der Waals surface area contributed by atoms with Crippen molar-refractivity contribution in [1.82, 2.24) is 34.8 Å². The summed E-state index contributed by atoms with van der Waals surface area (Å²) in [7, 11) is 2.07. The molecule has 0 radical (unpaired) electrons. The number of hydrogen-bond donors (Lipinski definition) is 2. The molecule has 0 bridgehead atoms. The van der Waals surface area contributed by atoms with E-state index in [9.17, 15) is 0 Å². The summed E-state index contributed by atoms with van der Waals surface area (Å²) in [6, 6.07) is 0. The first kappa shape index (κ1) is 18.4. The van der Waals surface area contributed by atoms with E-state index in [0.717, 1.165) is 56.1 Å². The third-order valence-electron chi connectivity index (χ3n) is 3.62. The van der Waals surface area contributed by atoms with Crippen molar-refractivity contribution in [3.63, 3.8) is 0 Å². The van der Waals surface area contributed by atoms with Gasteiger partial charge in [0.25, 0.3) is 5.97 Å². The van der Waals surface area contributed by atoms with Gasteiger partial charge in [0.05, 0.1) is 0 Å². The zero-order valence-electron chi connectivity index (χ0n) is 13.9. The number of nitrogens with one attached hydrogen (secondary N) is 1. The lowest BCUT2D eigenvalue weighted by Gasteiger charge is -2.21. The third-order valence-corrected chi connectivity index (χ3v) is 4.62. The molecule has 3 rings (SSSR count). The summed E-state index contributed by atoms with van der Waals surface area (Å²) < 4.78 is 4.11. The number of piperidine rings is 1. The van der Waals surface area contributed by atoms with Crippen LogP contribution in [0.4, 0.5) is 0 Å². The second-order valence-corrected chi connectivity index (χ2v) is 6.55. The van der Waals surface area contributed by atoms with Gasteiger partial charge in [-0.15, -0.1) is 20.4 Å². The number of aryl methyl sites for hydroxylation is 1. The normalized spacial score (nSPS) is 14.9. The first-order valence-corrected chi connectivity index (χ1v) is 8.81. The number of thioether (sulfide) groups is 1. The van der Waals surface area contributed by atoms with Gasteiger partial charge in [-0.3, -0.25) is 4.79 Å². The van der Waals surface area contributed by atoms with E-state index in [0.29, 0.717) is 5.92 Å². The molecular weight excluding hydrogens is 330 g/mol. The number of hydrogen-bond acceptors (Lipinski definition) is 7. The van der Waals surface area contributed by atoms with Crippen molar-refractivity contribution >= 4 is 17.7 Å². The van der Waals surface area contributed by atoms with Gasteiger partial charge < -0.3 is 19.6 Å². The Balaban J connectivity index is 0.000000471. The van der Waals surface area contributed by atoms with E-state index in [1.807, 2.05) is 4.57 Å². The van der Waals surface area contributed by atoms with E-state index in [-0.39, 0.29) is 0 Å². The van der Waals surface area contributed by atoms with E-state index < -0.39 is 5.97 Å². The molecule has 2 aromatic rings. The zero-order valence-corrected chi connectivity index (χ0v) is 14.7. The predicted molar refractivity (Wildman–Crippen MR) is 89.9 cm³/mol. The van der Waals surface area contributed by atoms with Gasteiger partial charge in [0.15, 0.2) is 5.16 Å². The van der Waals surface area contributed by atoms with Crippen LogP contribution in [0.1, 0.15) is 31.5 Å². The van der Waals surface area contributed by atoms with Gasteiger partial charge in [0, 0.05) is 32.2 Å². The fourth-order valence-corrected chi connectivity index (χ4v) is 3.34. The molecule has 0 atom stereocenters. The molecule has 1 saturated heterocycles. The Morgan fingerprint density at radius 1 is 1.33 bits per heavy atom. The summed E-state index contributed by atoms with van der Waals surface area (Å²) in [4.78, 5) is 9.00. The lowest BCUT2D eigenvalue weighted by molar-refractivity contribution is -0.134. The Hall–Kier alpha value is -1.94. The van der Waals surface area contributed by atoms with E-state index in [4.69, 9.17) is 9.90 Å². The van der Waals surface area contributed by atoms with Gasteiger partial charge in [0.1, 0.15) is 18.5 Å². The van der Waals surface area contributed by atoms with Crippen LogP contribution in [0.3, 0.4) is 0 Å². The van der Waals surface area contributed by atoms with Crippen molar-refractivity contribution < 1.29 is 9.90 Å². The van der Waals surface area contributed by atoms with Crippen molar-refractivity contribution in [2.75, 3.05) is 18.8 Å². The highest BCUT2D eigenvalue weighted by Crippen LogP contribution is 2.26. The second-order valence-electron chi connectivity index (χ2n) is 5.49. The summed E-state index contributed by atoms with van der Waals surface area (Å²) in [5.41, 5.74) is 0. The largest absolute Gasteiger partial charge is 0.481 e. The maximum absolute atomic E-state index is 9.00. The Kier molecular flexibility index (Phi) is 7.19. The van der Waals surface area contributed by atoms with Crippen LogP contribution in [0.5, 0.6) is 0 Å². The Labute approximate surface area is 144 Å². The first-order chi connectivity index (χ1) is 11.6. The lowest BCUT2D eigenvalue weighted by Crippen LogP contribution is -2.27. The molecule has 0 aromatic carbocycles. The van der Waals surface area contributed by atoms with E-state index in [1.54, 1.807) is 24.4 Å². The minimum atomic E-state index is -0.833. The fourth-order valence-electron chi connectivity index (χ4n) is 2.47. The molecular formula is C14H23N7O2S. The Morgan fingerprint density at radius 3 is 2.58 bits per heavy atom. The number of rotatable bonds is 5. The molecule has 0 saturated carbocycles. The van der Waals surface area contributed by atoms with Crippen LogP contribution in [0.2, 0.25) is 0 Å².